The van der Waals surface area contributed by atoms with E-state index >= 15 is 0 Å². The lowest BCUT2D eigenvalue weighted by Crippen LogP contribution is -2.11. The molecule has 0 N–H and O–H groups in total. The molecular formula is C20H20N2O4. The number of esters is 2. The van der Waals surface area contributed by atoms with Crippen molar-refractivity contribution in [1.82, 2.24) is 9.38 Å². The second-order valence-corrected chi connectivity index (χ2v) is 5.73. The highest BCUT2D eigenvalue weighted by atomic mass is 16.5. The second-order valence-electron chi connectivity index (χ2n) is 5.73. The van der Waals surface area contributed by atoms with Gasteiger partial charge in [-0.25, -0.2) is 14.6 Å². The lowest BCUT2D eigenvalue weighted by atomic mass is 10.1. The quantitative estimate of drug-likeness (QED) is 0.655. The number of ether oxygens (including phenoxy) is 2. The van der Waals surface area contributed by atoms with Crippen molar-refractivity contribution in [3.63, 3.8) is 0 Å². The van der Waals surface area contributed by atoms with Crippen LogP contribution in [-0.4, -0.2) is 34.5 Å². The van der Waals surface area contributed by atoms with Crippen LogP contribution in [0.1, 0.15) is 40.3 Å². The number of aryl methyl sites for hydroxylation is 1. The fourth-order valence-electron chi connectivity index (χ4n) is 2.74. The van der Waals surface area contributed by atoms with E-state index < -0.39 is 11.9 Å². The maximum Gasteiger partial charge on any atom is 0.357 e. The standard InChI is InChI=1S/C20H20N2O4/c1-4-25-19(23)15-7-6-12-22-17(20(24)26-5-2)16(21-18(15)22)14-10-8-13(3)9-11-14/h6-12H,4-5H2,1-3H3. The molecule has 0 fully saturated rings. The van der Waals surface area contributed by atoms with Gasteiger partial charge in [0.15, 0.2) is 11.3 Å². The van der Waals surface area contributed by atoms with Gasteiger partial charge in [0, 0.05) is 11.8 Å². The van der Waals surface area contributed by atoms with E-state index in [1.165, 1.54) is 0 Å². The summed E-state index contributed by atoms with van der Waals surface area (Å²) in [7, 11) is 0. The molecule has 0 bridgehead atoms. The van der Waals surface area contributed by atoms with Crippen LogP contribution in [0.5, 0.6) is 0 Å². The third-order valence-electron chi connectivity index (χ3n) is 3.94. The van der Waals surface area contributed by atoms with Crippen LogP contribution in [0.3, 0.4) is 0 Å². The molecule has 0 spiro atoms. The first kappa shape index (κ1) is 17.7. The summed E-state index contributed by atoms with van der Waals surface area (Å²) in [5, 5.41) is 0. The molecule has 0 radical (unpaired) electrons. The Bertz CT molecular complexity index is 958. The van der Waals surface area contributed by atoms with E-state index in [1.807, 2.05) is 31.2 Å². The third-order valence-corrected chi connectivity index (χ3v) is 3.94. The number of hydrogen-bond acceptors (Lipinski definition) is 5. The maximum atomic E-state index is 12.6. The molecule has 2 heterocycles. The average molecular weight is 352 g/mol. The van der Waals surface area contributed by atoms with Gasteiger partial charge >= 0.3 is 11.9 Å². The van der Waals surface area contributed by atoms with Crippen LogP contribution in [0, 0.1) is 6.92 Å². The van der Waals surface area contributed by atoms with Crippen molar-refractivity contribution in [2.75, 3.05) is 13.2 Å². The summed E-state index contributed by atoms with van der Waals surface area (Å²) in [5.41, 5.74) is 3.31. The predicted octanol–water partition coefficient (Wildman–Crippen LogP) is 3.66. The zero-order valence-corrected chi connectivity index (χ0v) is 15.0. The summed E-state index contributed by atoms with van der Waals surface area (Å²) < 4.78 is 11.9. The van der Waals surface area contributed by atoms with Crippen molar-refractivity contribution in [1.29, 1.82) is 0 Å². The Balaban J connectivity index is 2.26. The molecule has 0 aliphatic carbocycles. The van der Waals surface area contributed by atoms with Crippen LogP contribution >= 0.6 is 0 Å². The molecule has 26 heavy (non-hydrogen) atoms. The Hall–Kier alpha value is -3.15. The van der Waals surface area contributed by atoms with Gasteiger partial charge in [-0.3, -0.25) is 4.40 Å². The van der Waals surface area contributed by atoms with E-state index in [0.717, 1.165) is 11.1 Å². The fourth-order valence-corrected chi connectivity index (χ4v) is 2.74. The number of pyridine rings is 1. The van der Waals surface area contributed by atoms with Crippen molar-refractivity contribution in [2.24, 2.45) is 0 Å². The molecule has 6 heteroatoms. The van der Waals surface area contributed by atoms with Gasteiger partial charge in [0.1, 0.15) is 11.3 Å². The molecular weight excluding hydrogens is 332 g/mol. The molecule has 3 aromatic rings. The predicted molar refractivity (Wildman–Crippen MR) is 97.3 cm³/mol. The van der Waals surface area contributed by atoms with Crippen LogP contribution in [-0.2, 0) is 9.47 Å². The van der Waals surface area contributed by atoms with E-state index in [4.69, 9.17) is 9.47 Å². The van der Waals surface area contributed by atoms with Gasteiger partial charge in [-0.2, -0.15) is 0 Å². The number of rotatable bonds is 5. The smallest absolute Gasteiger partial charge is 0.357 e. The summed E-state index contributed by atoms with van der Waals surface area (Å²) in [4.78, 5) is 29.4. The Kier molecular flexibility index (Phi) is 5.02. The highest BCUT2D eigenvalue weighted by molar-refractivity contribution is 6.00. The second kappa shape index (κ2) is 7.39. The number of imidazole rings is 1. The van der Waals surface area contributed by atoms with Gasteiger partial charge in [-0.1, -0.05) is 29.8 Å². The van der Waals surface area contributed by atoms with Crippen molar-refractivity contribution >= 4 is 17.6 Å². The number of carbonyl (C=O) groups is 2. The number of benzene rings is 1. The first-order chi connectivity index (χ1) is 12.6. The first-order valence-corrected chi connectivity index (χ1v) is 8.49. The molecule has 2 aromatic heterocycles. The van der Waals surface area contributed by atoms with Crippen molar-refractivity contribution in [3.8, 4) is 11.3 Å². The summed E-state index contributed by atoms with van der Waals surface area (Å²) >= 11 is 0. The number of fused-ring (bicyclic) bond motifs is 1. The van der Waals surface area contributed by atoms with Gasteiger partial charge in [-0.15, -0.1) is 0 Å². The average Bonchev–Trinajstić information content (AvgIpc) is 3.02. The molecule has 0 aliphatic rings. The normalized spacial score (nSPS) is 10.7. The highest BCUT2D eigenvalue weighted by Crippen LogP contribution is 2.27. The van der Waals surface area contributed by atoms with Crippen LogP contribution in [0.25, 0.3) is 16.9 Å². The molecule has 6 nitrogen and oxygen atoms in total. The molecule has 0 atom stereocenters. The van der Waals surface area contributed by atoms with E-state index in [0.29, 0.717) is 16.9 Å². The highest BCUT2D eigenvalue weighted by Gasteiger charge is 2.24. The van der Waals surface area contributed by atoms with Crippen LogP contribution in [0.4, 0.5) is 0 Å². The number of hydrogen-bond donors (Lipinski definition) is 0. The first-order valence-electron chi connectivity index (χ1n) is 8.49. The molecule has 0 saturated carbocycles. The topological polar surface area (TPSA) is 69.9 Å². The van der Waals surface area contributed by atoms with Crippen LogP contribution < -0.4 is 0 Å². The van der Waals surface area contributed by atoms with Gasteiger partial charge in [0.05, 0.1) is 13.2 Å². The zero-order chi connectivity index (χ0) is 18.7. The van der Waals surface area contributed by atoms with Crippen molar-refractivity contribution in [3.05, 3.63) is 59.4 Å². The number of nitrogens with zero attached hydrogens (tertiary/aromatic N) is 2. The minimum atomic E-state index is -0.489. The van der Waals surface area contributed by atoms with Crippen molar-refractivity contribution < 1.29 is 19.1 Å². The van der Waals surface area contributed by atoms with Crippen LogP contribution in [0.15, 0.2) is 42.6 Å². The maximum absolute atomic E-state index is 12.6. The molecule has 0 saturated heterocycles. The fraction of sp³-hybridized carbons (Fsp3) is 0.250. The number of aromatic nitrogens is 2. The minimum Gasteiger partial charge on any atom is -0.462 e. The minimum absolute atomic E-state index is 0.247. The number of carbonyl (C=O) groups excluding carboxylic acids is 2. The zero-order valence-electron chi connectivity index (χ0n) is 15.0. The third kappa shape index (κ3) is 3.18. The van der Waals surface area contributed by atoms with Gasteiger partial charge in [-0.05, 0) is 32.9 Å². The largest absolute Gasteiger partial charge is 0.462 e. The Morgan fingerprint density at radius 2 is 1.65 bits per heavy atom. The van der Waals surface area contributed by atoms with E-state index in [2.05, 4.69) is 4.98 Å². The van der Waals surface area contributed by atoms with Gasteiger partial charge < -0.3 is 9.47 Å². The molecule has 0 aliphatic heterocycles. The summed E-state index contributed by atoms with van der Waals surface area (Å²) in [6, 6.07) is 11.0. The van der Waals surface area contributed by atoms with E-state index in [9.17, 15) is 9.59 Å². The van der Waals surface area contributed by atoms with E-state index in [1.54, 1.807) is 36.6 Å². The molecule has 3 rings (SSSR count). The summed E-state index contributed by atoms with van der Waals surface area (Å²) in [6.07, 6.45) is 1.69. The Morgan fingerprint density at radius 1 is 1.00 bits per heavy atom. The monoisotopic (exact) mass is 352 g/mol. The van der Waals surface area contributed by atoms with Gasteiger partial charge in [0.25, 0.3) is 0 Å². The lowest BCUT2D eigenvalue weighted by molar-refractivity contribution is 0.0510. The molecule has 0 amide bonds. The molecule has 134 valence electrons. The SMILES string of the molecule is CCOC(=O)c1cccn2c(C(=O)OCC)c(-c3ccc(C)cc3)nc12. The lowest BCUT2D eigenvalue weighted by Gasteiger charge is -2.06. The van der Waals surface area contributed by atoms with Crippen LogP contribution in [0.2, 0.25) is 0 Å². The molecule has 1 aromatic carbocycles. The van der Waals surface area contributed by atoms with E-state index in [-0.39, 0.29) is 18.9 Å². The van der Waals surface area contributed by atoms with Gasteiger partial charge in [0.2, 0.25) is 0 Å². The Morgan fingerprint density at radius 3 is 2.31 bits per heavy atom. The molecule has 0 unspecified atom stereocenters. The summed E-state index contributed by atoms with van der Waals surface area (Å²) in [6.45, 7) is 5.98. The van der Waals surface area contributed by atoms with Crippen molar-refractivity contribution in [2.45, 2.75) is 20.8 Å². The Labute approximate surface area is 151 Å². The summed E-state index contributed by atoms with van der Waals surface area (Å²) in [5.74, 6) is -0.967.